The molecular weight excluding hydrogens is 258 g/mol. The number of aromatic nitrogens is 2. The van der Waals surface area contributed by atoms with E-state index in [2.05, 4.69) is 15.2 Å². The smallest absolute Gasteiger partial charge is 0.307 e. The number of rotatable bonds is 6. The Bertz CT molecular complexity index is 473. The number of carbonyl (C=O) groups is 1. The first-order valence-corrected chi connectivity index (χ1v) is 6.04. The number of ether oxygens (including phenoxy) is 1. The Kier molecular flexibility index (Phi) is 5.64. The van der Waals surface area contributed by atoms with Gasteiger partial charge in [0.15, 0.2) is 0 Å². The van der Waals surface area contributed by atoms with E-state index in [0.717, 1.165) is 6.42 Å². The molecule has 0 aliphatic rings. The van der Waals surface area contributed by atoms with Gasteiger partial charge in [-0.05, 0) is 6.42 Å². The van der Waals surface area contributed by atoms with Crippen molar-refractivity contribution in [3.63, 3.8) is 0 Å². The molecular formula is C11H16ClN3O3. The Hall–Kier alpha value is -1.56. The average Bonchev–Trinajstić information content (AvgIpc) is 2.37. The van der Waals surface area contributed by atoms with Crippen molar-refractivity contribution in [3.05, 3.63) is 21.6 Å². The second-order valence-electron chi connectivity index (χ2n) is 3.65. The van der Waals surface area contributed by atoms with E-state index in [1.165, 1.54) is 18.0 Å². The van der Waals surface area contributed by atoms with Crippen molar-refractivity contribution in [1.29, 1.82) is 0 Å². The van der Waals surface area contributed by atoms with Crippen LogP contribution >= 0.6 is 11.6 Å². The van der Waals surface area contributed by atoms with Gasteiger partial charge in [0.05, 0.1) is 25.4 Å². The summed E-state index contributed by atoms with van der Waals surface area (Å²) in [6.07, 6.45) is 2.49. The van der Waals surface area contributed by atoms with Crippen LogP contribution < -0.4 is 10.9 Å². The molecule has 0 radical (unpaired) electrons. The molecule has 0 fully saturated rings. The zero-order valence-corrected chi connectivity index (χ0v) is 11.2. The molecule has 6 nitrogen and oxygen atoms in total. The summed E-state index contributed by atoms with van der Waals surface area (Å²) >= 11 is 5.93. The highest BCUT2D eigenvalue weighted by molar-refractivity contribution is 6.32. The van der Waals surface area contributed by atoms with Crippen molar-refractivity contribution in [2.45, 2.75) is 26.3 Å². The van der Waals surface area contributed by atoms with Crippen LogP contribution in [-0.4, -0.2) is 29.4 Å². The van der Waals surface area contributed by atoms with Gasteiger partial charge in [0.1, 0.15) is 5.02 Å². The van der Waals surface area contributed by atoms with Crippen molar-refractivity contribution >= 4 is 23.3 Å². The quantitative estimate of drug-likeness (QED) is 0.791. The molecule has 0 saturated heterocycles. The van der Waals surface area contributed by atoms with Gasteiger partial charge < -0.3 is 10.1 Å². The highest BCUT2D eigenvalue weighted by Crippen LogP contribution is 2.15. The van der Waals surface area contributed by atoms with Crippen molar-refractivity contribution in [3.8, 4) is 0 Å². The highest BCUT2D eigenvalue weighted by Gasteiger charge is 2.09. The van der Waals surface area contributed by atoms with Crippen LogP contribution in [0.25, 0.3) is 0 Å². The van der Waals surface area contributed by atoms with Crippen LogP contribution in [0.2, 0.25) is 5.02 Å². The summed E-state index contributed by atoms with van der Waals surface area (Å²) in [7, 11) is 1.32. The SMILES string of the molecule is CCCn1ncc(NCCC(=O)OC)c(Cl)c1=O. The summed E-state index contributed by atoms with van der Waals surface area (Å²) in [6.45, 7) is 2.82. The van der Waals surface area contributed by atoms with Gasteiger partial charge in [-0.2, -0.15) is 5.10 Å². The van der Waals surface area contributed by atoms with Gasteiger partial charge in [-0.1, -0.05) is 18.5 Å². The molecule has 1 N–H and O–H groups in total. The molecule has 0 unspecified atom stereocenters. The summed E-state index contributed by atoms with van der Waals surface area (Å²) in [5, 5.41) is 6.95. The standard InChI is InChI=1S/C11H16ClN3O3/c1-3-6-15-11(17)10(12)8(7-14-15)13-5-4-9(16)18-2/h7,13H,3-6H2,1-2H3. The van der Waals surface area contributed by atoms with Crippen LogP contribution in [0.1, 0.15) is 19.8 Å². The lowest BCUT2D eigenvalue weighted by molar-refractivity contribution is -0.140. The van der Waals surface area contributed by atoms with Gasteiger partial charge in [-0.3, -0.25) is 9.59 Å². The molecule has 1 rings (SSSR count). The fraction of sp³-hybridized carbons (Fsp3) is 0.545. The Balaban J connectivity index is 2.70. The minimum absolute atomic E-state index is 0.0864. The summed E-state index contributed by atoms with van der Waals surface area (Å²) in [5.41, 5.74) is 0.0968. The molecule has 0 spiro atoms. The third-order valence-corrected chi connectivity index (χ3v) is 2.66. The summed E-state index contributed by atoms with van der Waals surface area (Å²) < 4.78 is 5.81. The fourth-order valence-corrected chi connectivity index (χ4v) is 1.57. The molecule has 0 aromatic carbocycles. The molecule has 0 bridgehead atoms. The number of hydrogen-bond acceptors (Lipinski definition) is 5. The first-order chi connectivity index (χ1) is 8.60. The lowest BCUT2D eigenvalue weighted by atomic mass is 10.4. The maximum absolute atomic E-state index is 11.8. The van der Waals surface area contributed by atoms with Gasteiger partial charge in [-0.25, -0.2) is 4.68 Å². The van der Waals surface area contributed by atoms with Crippen molar-refractivity contribution in [2.24, 2.45) is 0 Å². The number of methoxy groups -OCH3 is 1. The lowest BCUT2D eigenvalue weighted by Crippen LogP contribution is -2.24. The van der Waals surface area contributed by atoms with E-state index in [1.54, 1.807) is 0 Å². The number of halogens is 1. The monoisotopic (exact) mass is 273 g/mol. The van der Waals surface area contributed by atoms with Gasteiger partial charge in [0.2, 0.25) is 0 Å². The molecule has 1 heterocycles. The zero-order valence-electron chi connectivity index (χ0n) is 10.4. The Morgan fingerprint density at radius 1 is 1.61 bits per heavy atom. The van der Waals surface area contributed by atoms with Crippen LogP contribution in [0.3, 0.4) is 0 Å². The Labute approximate surface area is 110 Å². The van der Waals surface area contributed by atoms with Gasteiger partial charge >= 0.3 is 5.97 Å². The highest BCUT2D eigenvalue weighted by atomic mass is 35.5. The van der Waals surface area contributed by atoms with Crippen LogP contribution in [0, 0.1) is 0 Å². The van der Waals surface area contributed by atoms with Crippen molar-refractivity contribution < 1.29 is 9.53 Å². The molecule has 0 aliphatic carbocycles. The first kappa shape index (κ1) is 14.5. The molecule has 1 aromatic rings. The number of nitrogens with one attached hydrogen (secondary N) is 1. The predicted octanol–water partition coefficient (Wildman–Crippen LogP) is 1.28. The van der Waals surface area contributed by atoms with Crippen LogP contribution in [0.15, 0.2) is 11.0 Å². The van der Waals surface area contributed by atoms with E-state index in [0.29, 0.717) is 18.8 Å². The van der Waals surface area contributed by atoms with Gasteiger partial charge in [0.25, 0.3) is 5.56 Å². The molecule has 1 aromatic heterocycles. The third kappa shape index (κ3) is 3.73. The number of carbonyl (C=O) groups excluding carboxylic acids is 1. The number of aryl methyl sites for hydroxylation is 1. The van der Waals surface area contributed by atoms with E-state index in [4.69, 9.17) is 11.6 Å². The molecule has 0 amide bonds. The average molecular weight is 274 g/mol. The minimum Gasteiger partial charge on any atom is -0.469 e. The summed E-state index contributed by atoms with van der Waals surface area (Å²) in [5.74, 6) is -0.328. The third-order valence-electron chi connectivity index (χ3n) is 2.29. The van der Waals surface area contributed by atoms with E-state index in [-0.39, 0.29) is 23.0 Å². The Morgan fingerprint density at radius 3 is 2.94 bits per heavy atom. The van der Waals surface area contributed by atoms with Crippen LogP contribution in [0.5, 0.6) is 0 Å². The second-order valence-corrected chi connectivity index (χ2v) is 4.03. The second kappa shape index (κ2) is 7.00. The molecule has 0 atom stereocenters. The number of esters is 1. The summed E-state index contributed by atoms with van der Waals surface area (Å²) in [6, 6.07) is 0. The van der Waals surface area contributed by atoms with Gasteiger partial charge in [0, 0.05) is 13.1 Å². The molecule has 7 heteroatoms. The summed E-state index contributed by atoms with van der Waals surface area (Å²) in [4.78, 5) is 22.7. The Morgan fingerprint density at radius 2 is 2.33 bits per heavy atom. The number of nitrogens with zero attached hydrogens (tertiary/aromatic N) is 2. The molecule has 0 aliphatic heterocycles. The zero-order chi connectivity index (χ0) is 13.5. The minimum atomic E-state index is -0.332. The molecule has 100 valence electrons. The van der Waals surface area contributed by atoms with E-state index < -0.39 is 0 Å². The maximum atomic E-state index is 11.8. The van der Waals surface area contributed by atoms with E-state index >= 15 is 0 Å². The van der Waals surface area contributed by atoms with Crippen LogP contribution in [-0.2, 0) is 16.1 Å². The first-order valence-electron chi connectivity index (χ1n) is 5.66. The molecule has 18 heavy (non-hydrogen) atoms. The predicted molar refractivity (Wildman–Crippen MR) is 68.9 cm³/mol. The van der Waals surface area contributed by atoms with Crippen molar-refractivity contribution in [1.82, 2.24) is 9.78 Å². The van der Waals surface area contributed by atoms with Gasteiger partial charge in [-0.15, -0.1) is 0 Å². The largest absolute Gasteiger partial charge is 0.469 e. The normalized spacial score (nSPS) is 10.2. The lowest BCUT2D eigenvalue weighted by Gasteiger charge is -2.09. The fourth-order valence-electron chi connectivity index (χ4n) is 1.36. The van der Waals surface area contributed by atoms with E-state index in [9.17, 15) is 9.59 Å². The van der Waals surface area contributed by atoms with E-state index in [1.807, 2.05) is 6.92 Å². The maximum Gasteiger partial charge on any atom is 0.307 e. The topological polar surface area (TPSA) is 73.2 Å². The number of hydrogen-bond donors (Lipinski definition) is 1. The van der Waals surface area contributed by atoms with Crippen molar-refractivity contribution in [2.75, 3.05) is 19.0 Å². The number of anilines is 1. The van der Waals surface area contributed by atoms with Crippen LogP contribution in [0.4, 0.5) is 5.69 Å². The molecule has 0 saturated carbocycles.